The van der Waals surface area contributed by atoms with Crippen molar-refractivity contribution in [1.82, 2.24) is 10.2 Å². The second-order valence-electron chi connectivity index (χ2n) is 7.37. The zero-order chi connectivity index (χ0) is 19.0. The number of hydrogen-bond acceptors (Lipinski definition) is 3. The maximum absolute atomic E-state index is 12.6. The van der Waals surface area contributed by atoms with Gasteiger partial charge >= 0.3 is 0 Å². The van der Waals surface area contributed by atoms with E-state index in [1.807, 2.05) is 43.3 Å². The van der Waals surface area contributed by atoms with Gasteiger partial charge in [0.15, 0.2) is 0 Å². The smallest absolute Gasteiger partial charge is 0.253 e. The summed E-state index contributed by atoms with van der Waals surface area (Å²) < 4.78 is 6.07. The van der Waals surface area contributed by atoms with Gasteiger partial charge in [0.25, 0.3) is 5.91 Å². The average molecular weight is 405 g/mol. The number of aryl methyl sites for hydroxylation is 1. The summed E-state index contributed by atoms with van der Waals surface area (Å²) in [6, 6.07) is 13.8. The highest BCUT2D eigenvalue weighted by molar-refractivity contribution is 6.33. The Morgan fingerprint density at radius 2 is 1.93 bits per heavy atom. The number of carbonyl (C=O) groups excluding carboxylic acids is 1. The van der Waals surface area contributed by atoms with Gasteiger partial charge in [-0.15, -0.1) is 0 Å². The number of amides is 1. The van der Waals surface area contributed by atoms with E-state index in [9.17, 15) is 4.79 Å². The summed E-state index contributed by atoms with van der Waals surface area (Å²) in [5, 5.41) is 4.36. The molecule has 0 radical (unpaired) electrons. The molecular formula is C21H22Cl2N2O2. The third kappa shape index (κ3) is 4.14. The number of morpholine rings is 1. The molecule has 2 aliphatic rings. The maximum atomic E-state index is 12.6. The summed E-state index contributed by atoms with van der Waals surface area (Å²) in [6.45, 7) is 4.28. The predicted octanol–water partition coefficient (Wildman–Crippen LogP) is 4.25. The number of benzene rings is 2. The fraction of sp³-hybridized carbons (Fsp3) is 0.381. The first-order chi connectivity index (χ1) is 13.0. The highest BCUT2D eigenvalue weighted by Crippen LogP contribution is 2.31. The van der Waals surface area contributed by atoms with Crippen molar-refractivity contribution in [1.29, 1.82) is 0 Å². The minimum Gasteiger partial charge on any atom is -0.371 e. The molecule has 2 heterocycles. The number of nitrogens with zero attached hydrogens (tertiary/aromatic N) is 1. The number of halogens is 2. The largest absolute Gasteiger partial charge is 0.371 e. The fourth-order valence-electron chi connectivity index (χ4n) is 3.93. The van der Waals surface area contributed by atoms with Crippen molar-refractivity contribution in [2.75, 3.05) is 19.7 Å². The lowest BCUT2D eigenvalue weighted by molar-refractivity contribution is -0.0502. The van der Waals surface area contributed by atoms with Crippen LogP contribution in [0.5, 0.6) is 0 Å². The molecule has 0 aliphatic carbocycles. The number of fused-ring (bicyclic) bond motifs is 1. The lowest BCUT2D eigenvalue weighted by Gasteiger charge is -2.35. The molecule has 0 aromatic heterocycles. The van der Waals surface area contributed by atoms with E-state index in [-0.39, 0.29) is 18.1 Å². The van der Waals surface area contributed by atoms with E-state index in [2.05, 4.69) is 10.2 Å². The monoisotopic (exact) mass is 404 g/mol. The van der Waals surface area contributed by atoms with E-state index >= 15 is 0 Å². The first kappa shape index (κ1) is 18.8. The first-order valence-electron chi connectivity index (χ1n) is 9.18. The SMILES string of the molecule is Cc1ccc(Cl)c(C(=O)N[C@@H]2C[C@H]3CO[C@@H](c4ccc(Cl)cc4)CN3C2)c1. The van der Waals surface area contributed by atoms with Crippen LogP contribution in [0.15, 0.2) is 42.5 Å². The molecule has 1 amide bonds. The van der Waals surface area contributed by atoms with E-state index in [1.165, 1.54) is 0 Å². The zero-order valence-corrected chi connectivity index (χ0v) is 16.6. The molecule has 142 valence electrons. The van der Waals surface area contributed by atoms with Gasteiger partial charge in [-0.2, -0.15) is 0 Å². The van der Waals surface area contributed by atoms with E-state index in [0.29, 0.717) is 23.2 Å². The van der Waals surface area contributed by atoms with Crippen LogP contribution < -0.4 is 5.32 Å². The second-order valence-corrected chi connectivity index (χ2v) is 8.21. The molecule has 0 spiro atoms. The molecule has 6 heteroatoms. The summed E-state index contributed by atoms with van der Waals surface area (Å²) >= 11 is 12.2. The van der Waals surface area contributed by atoms with Gasteiger partial charge in [-0.05, 0) is 43.2 Å². The van der Waals surface area contributed by atoms with Crippen LogP contribution in [0.1, 0.15) is 34.0 Å². The Kier molecular flexibility index (Phi) is 5.42. The first-order valence-corrected chi connectivity index (χ1v) is 9.93. The zero-order valence-electron chi connectivity index (χ0n) is 15.1. The Hall–Kier alpha value is -1.59. The molecule has 27 heavy (non-hydrogen) atoms. The Morgan fingerprint density at radius 3 is 2.70 bits per heavy atom. The molecule has 2 fully saturated rings. The van der Waals surface area contributed by atoms with E-state index in [1.54, 1.807) is 6.07 Å². The van der Waals surface area contributed by atoms with Crippen LogP contribution in [-0.2, 0) is 4.74 Å². The normalized spacial score (nSPS) is 25.2. The molecule has 2 saturated heterocycles. The molecule has 0 saturated carbocycles. The number of hydrogen-bond donors (Lipinski definition) is 1. The molecule has 0 bridgehead atoms. The van der Waals surface area contributed by atoms with Gasteiger partial charge in [0.1, 0.15) is 0 Å². The molecule has 2 aromatic rings. The lowest BCUT2D eigenvalue weighted by Crippen LogP contribution is -2.43. The number of nitrogens with one attached hydrogen (secondary N) is 1. The minimum atomic E-state index is -0.108. The molecular weight excluding hydrogens is 383 g/mol. The highest BCUT2D eigenvalue weighted by Gasteiger charge is 2.38. The van der Waals surface area contributed by atoms with Crippen LogP contribution in [0.2, 0.25) is 10.0 Å². The van der Waals surface area contributed by atoms with E-state index < -0.39 is 0 Å². The molecule has 3 atom stereocenters. The summed E-state index contributed by atoms with van der Waals surface area (Å²) in [6.07, 6.45) is 0.932. The third-order valence-corrected chi connectivity index (χ3v) is 5.94. The van der Waals surface area contributed by atoms with Crippen LogP contribution in [0.4, 0.5) is 0 Å². The molecule has 0 unspecified atom stereocenters. The fourth-order valence-corrected chi connectivity index (χ4v) is 4.26. The molecule has 2 aliphatic heterocycles. The van der Waals surface area contributed by atoms with Gasteiger partial charge in [-0.1, -0.05) is 47.0 Å². The minimum absolute atomic E-state index is 0.0409. The highest BCUT2D eigenvalue weighted by atomic mass is 35.5. The van der Waals surface area contributed by atoms with Gasteiger partial charge in [0, 0.05) is 30.2 Å². The molecule has 4 rings (SSSR count). The van der Waals surface area contributed by atoms with Crippen molar-refractivity contribution in [3.8, 4) is 0 Å². The molecule has 2 aromatic carbocycles. The molecule has 4 nitrogen and oxygen atoms in total. The third-order valence-electron chi connectivity index (χ3n) is 5.36. The summed E-state index contributed by atoms with van der Waals surface area (Å²) in [5.41, 5.74) is 2.70. The Labute approximate surface area is 169 Å². The van der Waals surface area contributed by atoms with Crippen molar-refractivity contribution < 1.29 is 9.53 Å². The van der Waals surface area contributed by atoms with Crippen LogP contribution in [0.3, 0.4) is 0 Å². The Morgan fingerprint density at radius 1 is 1.15 bits per heavy atom. The van der Waals surface area contributed by atoms with E-state index in [4.69, 9.17) is 27.9 Å². The van der Waals surface area contributed by atoms with Crippen LogP contribution >= 0.6 is 23.2 Å². The maximum Gasteiger partial charge on any atom is 0.253 e. The van der Waals surface area contributed by atoms with Crippen molar-refractivity contribution >= 4 is 29.1 Å². The van der Waals surface area contributed by atoms with E-state index in [0.717, 1.165) is 35.7 Å². The summed E-state index contributed by atoms with van der Waals surface area (Å²) in [5.74, 6) is -0.108. The van der Waals surface area contributed by atoms with Crippen molar-refractivity contribution in [3.63, 3.8) is 0 Å². The van der Waals surface area contributed by atoms with Crippen LogP contribution in [0, 0.1) is 6.92 Å². The number of ether oxygens (including phenoxy) is 1. The standard InChI is InChI=1S/C21H22Cl2N2O2/c1-13-2-7-19(23)18(8-13)21(26)24-16-9-17-12-27-20(11-25(17)10-16)14-3-5-15(22)6-4-14/h2-8,16-17,20H,9-12H2,1H3,(H,24,26)/t16-,17+,20-/m1/s1. The van der Waals surface area contributed by atoms with Crippen molar-refractivity contribution in [3.05, 3.63) is 69.2 Å². The Balaban J connectivity index is 1.39. The molecule has 1 N–H and O–H groups in total. The van der Waals surface area contributed by atoms with Gasteiger partial charge in [0.05, 0.1) is 23.3 Å². The topological polar surface area (TPSA) is 41.6 Å². The number of rotatable bonds is 3. The Bertz CT molecular complexity index is 841. The van der Waals surface area contributed by atoms with Gasteiger partial charge < -0.3 is 10.1 Å². The van der Waals surface area contributed by atoms with Crippen molar-refractivity contribution in [2.45, 2.75) is 31.5 Å². The van der Waals surface area contributed by atoms with Gasteiger partial charge in [-0.25, -0.2) is 0 Å². The van der Waals surface area contributed by atoms with Crippen molar-refractivity contribution in [2.24, 2.45) is 0 Å². The van der Waals surface area contributed by atoms with Crippen LogP contribution in [0.25, 0.3) is 0 Å². The second kappa shape index (κ2) is 7.80. The van der Waals surface area contributed by atoms with Gasteiger partial charge in [0.2, 0.25) is 0 Å². The van der Waals surface area contributed by atoms with Gasteiger partial charge in [-0.3, -0.25) is 9.69 Å². The average Bonchev–Trinajstić information content (AvgIpc) is 3.05. The summed E-state index contributed by atoms with van der Waals surface area (Å²) in [4.78, 5) is 15.0. The lowest BCUT2D eigenvalue weighted by atomic mass is 10.1. The summed E-state index contributed by atoms with van der Waals surface area (Å²) in [7, 11) is 0. The predicted molar refractivity (Wildman–Crippen MR) is 108 cm³/mol. The quantitative estimate of drug-likeness (QED) is 0.831. The van der Waals surface area contributed by atoms with Crippen LogP contribution in [-0.4, -0.2) is 42.6 Å². The number of carbonyl (C=O) groups is 1.